The summed E-state index contributed by atoms with van der Waals surface area (Å²) in [5, 5.41) is 5.52. The lowest BCUT2D eigenvalue weighted by Gasteiger charge is -2.12. The Morgan fingerprint density at radius 3 is 2.95 bits per heavy atom. The number of benzene rings is 1. The predicted molar refractivity (Wildman–Crippen MR) is 82.4 cm³/mol. The van der Waals surface area contributed by atoms with Crippen LogP contribution in [0.25, 0.3) is 0 Å². The van der Waals surface area contributed by atoms with Gasteiger partial charge in [0.05, 0.1) is 25.5 Å². The Kier molecular flexibility index (Phi) is 4.09. The van der Waals surface area contributed by atoms with E-state index in [0.29, 0.717) is 18.1 Å². The lowest BCUT2D eigenvalue weighted by molar-refractivity contribution is 0.219. The minimum absolute atomic E-state index is 0.0304. The number of carbonyl (C=O) groups is 1. The van der Waals surface area contributed by atoms with Crippen LogP contribution in [0.3, 0.4) is 0 Å². The largest absolute Gasteiger partial charge is 0.488 e. The number of methoxy groups -OCH3 is 1. The maximum absolute atomic E-state index is 11.9. The number of hydrogen-bond acceptors (Lipinski definition) is 4. The maximum atomic E-state index is 11.9. The number of para-hydroxylation sites is 1. The number of urea groups is 1. The normalized spacial score (nSPS) is 15.6. The van der Waals surface area contributed by atoms with Crippen molar-refractivity contribution < 1.29 is 14.3 Å². The summed E-state index contributed by atoms with van der Waals surface area (Å²) in [6.07, 6.45) is 2.32. The number of nitrogens with one attached hydrogen (secondary N) is 2. The van der Waals surface area contributed by atoms with Crippen LogP contribution < -0.4 is 20.1 Å². The number of fused-ring (bicyclic) bond motifs is 1. The summed E-state index contributed by atoms with van der Waals surface area (Å²) in [5.74, 6) is 1.40. The van der Waals surface area contributed by atoms with Gasteiger partial charge in [0.2, 0.25) is 5.88 Å². The minimum Gasteiger partial charge on any atom is -0.488 e. The second-order valence-corrected chi connectivity index (χ2v) is 4.98. The topological polar surface area (TPSA) is 72.5 Å². The fraction of sp³-hybridized carbons (Fsp3) is 0.250. The van der Waals surface area contributed by atoms with Gasteiger partial charge in [-0.1, -0.05) is 18.2 Å². The molecule has 2 amide bonds. The molecule has 0 unspecified atom stereocenters. The molecule has 0 saturated carbocycles. The van der Waals surface area contributed by atoms with Gasteiger partial charge >= 0.3 is 6.03 Å². The van der Waals surface area contributed by atoms with Crippen molar-refractivity contribution >= 4 is 11.7 Å². The molecule has 6 heteroatoms. The molecule has 1 aromatic carbocycles. The summed E-state index contributed by atoms with van der Waals surface area (Å²) in [5.41, 5.74) is 1.78. The van der Waals surface area contributed by atoms with E-state index in [1.165, 1.54) is 5.56 Å². The van der Waals surface area contributed by atoms with E-state index in [4.69, 9.17) is 9.47 Å². The molecule has 0 saturated heterocycles. The van der Waals surface area contributed by atoms with Crippen LogP contribution >= 0.6 is 0 Å². The van der Waals surface area contributed by atoms with Crippen molar-refractivity contribution in [2.75, 3.05) is 19.0 Å². The highest BCUT2D eigenvalue weighted by molar-refractivity contribution is 5.89. The van der Waals surface area contributed by atoms with Gasteiger partial charge in [-0.15, -0.1) is 0 Å². The molecule has 22 heavy (non-hydrogen) atoms. The van der Waals surface area contributed by atoms with Crippen LogP contribution in [0.4, 0.5) is 10.5 Å². The Bertz CT molecular complexity index is 633. The fourth-order valence-corrected chi connectivity index (χ4v) is 2.32. The first-order valence-electron chi connectivity index (χ1n) is 7.04. The number of ether oxygens (including phenoxy) is 2. The highest BCUT2D eigenvalue weighted by Crippen LogP contribution is 2.27. The van der Waals surface area contributed by atoms with Gasteiger partial charge in [0.1, 0.15) is 11.9 Å². The van der Waals surface area contributed by atoms with E-state index in [9.17, 15) is 4.79 Å². The Hall–Kier alpha value is -2.76. The van der Waals surface area contributed by atoms with E-state index in [1.54, 1.807) is 25.4 Å². The Morgan fingerprint density at radius 2 is 2.23 bits per heavy atom. The standard InChI is InChI=1S/C16H17N3O3/c1-21-15-7-6-12(9-17-15)19-16(20)18-10-13-8-11-4-2-3-5-14(11)22-13/h2-7,9,13H,8,10H2,1H3,(H2,18,19,20)/t13-/m0/s1. The van der Waals surface area contributed by atoms with Gasteiger partial charge < -0.3 is 20.1 Å². The molecule has 0 bridgehead atoms. The Morgan fingerprint density at radius 1 is 1.36 bits per heavy atom. The van der Waals surface area contributed by atoms with Gasteiger partial charge in [0.15, 0.2) is 0 Å². The molecule has 2 N–H and O–H groups in total. The molecule has 1 aliphatic heterocycles. The number of rotatable bonds is 4. The van der Waals surface area contributed by atoms with Gasteiger partial charge in [-0.3, -0.25) is 0 Å². The summed E-state index contributed by atoms with van der Waals surface area (Å²) < 4.78 is 10.7. The van der Waals surface area contributed by atoms with Crippen LogP contribution in [0.5, 0.6) is 11.6 Å². The number of pyridine rings is 1. The Labute approximate surface area is 128 Å². The average Bonchev–Trinajstić information content (AvgIpc) is 2.96. The zero-order valence-electron chi connectivity index (χ0n) is 12.2. The first-order valence-corrected chi connectivity index (χ1v) is 7.04. The zero-order valence-corrected chi connectivity index (χ0v) is 12.2. The van der Waals surface area contributed by atoms with Gasteiger partial charge in [0.25, 0.3) is 0 Å². The molecule has 1 aromatic heterocycles. The van der Waals surface area contributed by atoms with Gasteiger partial charge in [-0.2, -0.15) is 0 Å². The second-order valence-electron chi connectivity index (χ2n) is 4.98. The lowest BCUT2D eigenvalue weighted by atomic mass is 10.1. The smallest absolute Gasteiger partial charge is 0.319 e. The summed E-state index contributed by atoms with van der Waals surface area (Å²) in [6, 6.07) is 11.0. The molecule has 0 aliphatic carbocycles. The number of anilines is 1. The molecule has 3 rings (SSSR count). The summed E-state index contributed by atoms with van der Waals surface area (Å²) in [4.78, 5) is 15.9. The molecule has 0 fully saturated rings. The first kappa shape index (κ1) is 14.2. The van der Waals surface area contributed by atoms with Crippen LogP contribution in [0.2, 0.25) is 0 Å². The highest BCUT2D eigenvalue weighted by atomic mass is 16.5. The summed E-state index contributed by atoms with van der Waals surface area (Å²) in [6.45, 7) is 0.449. The van der Waals surface area contributed by atoms with Crippen molar-refractivity contribution in [3.63, 3.8) is 0 Å². The molecule has 1 aliphatic rings. The predicted octanol–water partition coefficient (Wildman–Crippen LogP) is 2.22. The summed E-state index contributed by atoms with van der Waals surface area (Å²) >= 11 is 0. The molecule has 2 aromatic rings. The molecule has 114 valence electrons. The van der Waals surface area contributed by atoms with E-state index >= 15 is 0 Å². The first-order chi connectivity index (χ1) is 10.7. The summed E-state index contributed by atoms with van der Waals surface area (Å²) in [7, 11) is 1.54. The second kappa shape index (κ2) is 6.34. The highest BCUT2D eigenvalue weighted by Gasteiger charge is 2.22. The molecule has 1 atom stereocenters. The maximum Gasteiger partial charge on any atom is 0.319 e. The van der Waals surface area contributed by atoms with Gasteiger partial charge in [-0.25, -0.2) is 9.78 Å². The van der Waals surface area contributed by atoms with E-state index in [-0.39, 0.29) is 12.1 Å². The van der Waals surface area contributed by atoms with Crippen LogP contribution in [-0.2, 0) is 6.42 Å². The lowest BCUT2D eigenvalue weighted by Crippen LogP contribution is -2.37. The van der Waals surface area contributed by atoms with Crippen molar-refractivity contribution in [3.8, 4) is 11.6 Å². The van der Waals surface area contributed by atoms with Crippen molar-refractivity contribution in [2.24, 2.45) is 0 Å². The van der Waals surface area contributed by atoms with Crippen molar-refractivity contribution in [2.45, 2.75) is 12.5 Å². The molecule has 0 radical (unpaired) electrons. The van der Waals surface area contributed by atoms with Crippen molar-refractivity contribution in [1.29, 1.82) is 0 Å². The van der Waals surface area contributed by atoms with Crippen molar-refractivity contribution in [1.82, 2.24) is 10.3 Å². The number of aromatic nitrogens is 1. The molecule has 2 heterocycles. The molecular formula is C16H17N3O3. The van der Waals surface area contributed by atoms with Crippen LogP contribution in [0.1, 0.15) is 5.56 Å². The third kappa shape index (κ3) is 3.28. The van der Waals surface area contributed by atoms with E-state index < -0.39 is 0 Å². The number of hydrogen-bond donors (Lipinski definition) is 2. The number of nitrogens with zero attached hydrogens (tertiary/aromatic N) is 1. The zero-order chi connectivity index (χ0) is 15.4. The van der Waals surface area contributed by atoms with E-state index in [1.807, 2.05) is 24.3 Å². The van der Waals surface area contributed by atoms with Gasteiger partial charge in [-0.05, 0) is 17.7 Å². The van der Waals surface area contributed by atoms with Crippen LogP contribution in [0.15, 0.2) is 42.6 Å². The third-order valence-electron chi connectivity index (χ3n) is 3.41. The SMILES string of the molecule is COc1ccc(NC(=O)NC[C@@H]2Cc3ccccc3O2)cn1. The van der Waals surface area contributed by atoms with Crippen molar-refractivity contribution in [3.05, 3.63) is 48.2 Å². The number of carbonyl (C=O) groups excluding carboxylic acids is 1. The quantitative estimate of drug-likeness (QED) is 0.908. The average molecular weight is 299 g/mol. The fourth-order valence-electron chi connectivity index (χ4n) is 2.32. The molecule has 0 spiro atoms. The van der Waals surface area contributed by atoms with E-state index in [0.717, 1.165) is 12.2 Å². The van der Waals surface area contributed by atoms with Crippen LogP contribution in [0, 0.1) is 0 Å². The minimum atomic E-state index is -0.286. The molecular weight excluding hydrogens is 282 g/mol. The van der Waals surface area contributed by atoms with Crippen LogP contribution in [-0.4, -0.2) is 30.8 Å². The monoisotopic (exact) mass is 299 g/mol. The van der Waals surface area contributed by atoms with E-state index in [2.05, 4.69) is 15.6 Å². The third-order valence-corrected chi connectivity index (χ3v) is 3.41. The Balaban J connectivity index is 1.47. The van der Waals surface area contributed by atoms with Gasteiger partial charge in [0, 0.05) is 12.5 Å². The molecule has 6 nitrogen and oxygen atoms in total. The number of amides is 2.